The Hall–Kier alpha value is -3.78. The van der Waals surface area contributed by atoms with Gasteiger partial charge in [0.25, 0.3) is 0 Å². The van der Waals surface area contributed by atoms with Gasteiger partial charge >= 0.3 is 0 Å². The summed E-state index contributed by atoms with van der Waals surface area (Å²) in [4.78, 5) is 8.86. The Balaban J connectivity index is 1.55. The minimum Gasteiger partial charge on any atom is -0.364 e. The van der Waals surface area contributed by atoms with E-state index >= 15 is 0 Å². The van der Waals surface area contributed by atoms with E-state index in [4.69, 9.17) is 11.6 Å². The van der Waals surface area contributed by atoms with Gasteiger partial charge in [0.05, 0.1) is 5.69 Å². The molecule has 0 radical (unpaired) electrons. The van der Waals surface area contributed by atoms with Crippen LogP contribution >= 0.6 is 11.6 Å². The third-order valence-corrected chi connectivity index (χ3v) is 5.08. The molecular weight excluding hydrogens is 417 g/mol. The molecule has 154 valence electrons. The molecule has 1 N–H and O–H groups in total. The molecule has 4 heterocycles. The topological polar surface area (TPSA) is 72.9 Å². The zero-order chi connectivity index (χ0) is 21.4. The highest BCUT2D eigenvalue weighted by Gasteiger charge is 2.14. The molecule has 0 amide bonds. The molecule has 9 heteroatoms. The summed E-state index contributed by atoms with van der Waals surface area (Å²) in [6, 6.07) is 16.0. The molecular formula is C22H17ClFN7. The maximum atomic E-state index is 14.1. The van der Waals surface area contributed by atoms with Crippen LogP contribution in [-0.4, -0.2) is 29.4 Å². The zero-order valence-electron chi connectivity index (χ0n) is 16.5. The number of rotatable bonds is 5. The second kappa shape index (κ2) is 7.81. The summed E-state index contributed by atoms with van der Waals surface area (Å²) in [5.74, 6) is 0.937. The first-order valence-corrected chi connectivity index (χ1v) is 9.96. The molecule has 0 aliphatic rings. The Kier molecular flexibility index (Phi) is 4.83. The number of pyridine rings is 2. The molecule has 0 unspecified atom stereocenters. The van der Waals surface area contributed by atoms with Crippen LogP contribution in [0.15, 0.2) is 67.1 Å². The number of benzene rings is 1. The van der Waals surface area contributed by atoms with Gasteiger partial charge in [0.15, 0.2) is 11.5 Å². The number of hydrogen-bond acceptors (Lipinski definition) is 5. The number of anilines is 1. The Morgan fingerprint density at radius 2 is 2.00 bits per heavy atom. The van der Waals surface area contributed by atoms with Gasteiger partial charge in [-0.2, -0.15) is 5.10 Å². The number of nitrogens with zero attached hydrogens (tertiary/aromatic N) is 6. The van der Waals surface area contributed by atoms with Crippen molar-refractivity contribution in [1.82, 2.24) is 29.4 Å². The second-order valence-electron chi connectivity index (χ2n) is 7.03. The van der Waals surface area contributed by atoms with Crippen LogP contribution in [0.2, 0.25) is 5.02 Å². The van der Waals surface area contributed by atoms with Gasteiger partial charge in [0.1, 0.15) is 18.0 Å². The van der Waals surface area contributed by atoms with Gasteiger partial charge < -0.3 is 5.32 Å². The minimum absolute atomic E-state index is 0.243. The normalized spacial score (nSPS) is 11.2. The summed E-state index contributed by atoms with van der Waals surface area (Å²) in [6.07, 6.45) is 3.35. The van der Waals surface area contributed by atoms with Crippen LogP contribution in [0.25, 0.3) is 22.7 Å². The first-order valence-electron chi connectivity index (χ1n) is 9.58. The van der Waals surface area contributed by atoms with Crippen molar-refractivity contribution in [2.24, 2.45) is 0 Å². The van der Waals surface area contributed by atoms with E-state index in [-0.39, 0.29) is 12.4 Å². The van der Waals surface area contributed by atoms with E-state index in [0.29, 0.717) is 22.2 Å². The average molecular weight is 434 g/mol. The summed E-state index contributed by atoms with van der Waals surface area (Å²) in [7, 11) is 0. The highest BCUT2D eigenvalue weighted by molar-refractivity contribution is 6.30. The first kappa shape index (κ1) is 19.2. The number of fused-ring (bicyclic) bond motifs is 1. The quantitative estimate of drug-likeness (QED) is 0.435. The largest absolute Gasteiger partial charge is 0.364 e. The van der Waals surface area contributed by atoms with E-state index in [1.807, 2.05) is 49.5 Å². The Morgan fingerprint density at radius 3 is 2.87 bits per heavy atom. The molecule has 1 aromatic carbocycles. The Bertz CT molecular complexity index is 1390. The van der Waals surface area contributed by atoms with Crippen LogP contribution < -0.4 is 5.32 Å². The number of halogens is 2. The molecule has 0 saturated carbocycles. The molecule has 0 atom stereocenters. The summed E-state index contributed by atoms with van der Waals surface area (Å²) >= 11 is 6.01. The van der Waals surface area contributed by atoms with Gasteiger partial charge in [-0.05, 0) is 49.4 Å². The summed E-state index contributed by atoms with van der Waals surface area (Å²) in [5, 5.41) is 12.5. The maximum Gasteiger partial charge on any atom is 0.155 e. The van der Waals surface area contributed by atoms with Crippen molar-refractivity contribution in [3.63, 3.8) is 0 Å². The Labute approximate surface area is 182 Å². The molecule has 7 nitrogen and oxygen atoms in total. The molecule has 5 rings (SSSR count). The third kappa shape index (κ3) is 3.85. The summed E-state index contributed by atoms with van der Waals surface area (Å²) < 4.78 is 17.5. The van der Waals surface area contributed by atoms with Crippen LogP contribution in [-0.2, 0) is 6.54 Å². The maximum absolute atomic E-state index is 14.1. The van der Waals surface area contributed by atoms with E-state index in [9.17, 15) is 4.39 Å². The van der Waals surface area contributed by atoms with Crippen molar-refractivity contribution in [1.29, 1.82) is 0 Å². The monoisotopic (exact) mass is 433 g/mol. The van der Waals surface area contributed by atoms with E-state index in [1.165, 1.54) is 18.5 Å². The van der Waals surface area contributed by atoms with Crippen molar-refractivity contribution in [2.45, 2.75) is 13.5 Å². The highest BCUT2D eigenvalue weighted by atomic mass is 35.5. The second-order valence-corrected chi connectivity index (χ2v) is 7.47. The molecule has 31 heavy (non-hydrogen) atoms. The van der Waals surface area contributed by atoms with Gasteiger partial charge in [-0.1, -0.05) is 17.7 Å². The van der Waals surface area contributed by atoms with Gasteiger partial charge in [0.2, 0.25) is 0 Å². The van der Waals surface area contributed by atoms with Crippen molar-refractivity contribution in [2.75, 3.05) is 5.32 Å². The number of aryl methyl sites for hydroxylation is 1. The lowest BCUT2D eigenvalue weighted by molar-refractivity contribution is 0.613. The molecule has 0 fully saturated rings. The fourth-order valence-electron chi connectivity index (χ4n) is 3.33. The van der Waals surface area contributed by atoms with E-state index in [2.05, 4.69) is 25.5 Å². The zero-order valence-corrected chi connectivity index (χ0v) is 17.3. The predicted molar refractivity (Wildman–Crippen MR) is 117 cm³/mol. The van der Waals surface area contributed by atoms with Crippen LogP contribution in [0.1, 0.15) is 11.3 Å². The van der Waals surface area contributed by atoms with E-state index in [0.717, 1.165) is 22.6 Å². The van der Waals surface area contributed by atoms with Crippen LogP contribution in [0, 0.1) is 12.7 Å². The lowest BCUT2D eigenvalue weighted by atomic mass is 10.2. The molecule has 0 aliphatic heterocycles. The summed E-state index contributed by atoms with van der Waals surface area (Å²) in [5.41, 5.74) is 3.78. The fraction of sp³-hybridized carbons (Fsp3) is 0.0909. The van der Waals surface area contributed by atoms with Crippen LogP contribution in [0.4, 0.5) is 10.2 Å². The summed E-state index contributed by atoms with van der Waals surface area (Å²) in [6.45, 7) is 2.17. The standard InChI is InChI=1S/C22H17ClFN7/c1-14-3-2-4-21(28-14)31-19(15-7-8-30-22(10-15)26-13-27-30)11-20(29-31)25-12-16-9-17(23)5-6-18(16)24/h2-11,13H,12H2,1H3,(H,25,29). The van der Waals surface area contributed by atoms with Gasteiger partial charge in [-0.3, -0.25) is 0 Å². The molecule has 5 aromatic rings. The smallest absolute Gasteiger partial charge is 0.155 e. The van der Waals surface area contributed by atoms with Gasteiger partial charge in [-0.25, -0.2) is 23.6 Å². The first-order chi connectivity index (χ1) is 15.1. The van der Waals surface area contributed by atoms with E-state index < -0.39 is 0 Å². The molecule has 0 saturated heterocycles. The van der Waals surface area contributed by atoms with Crippen molar-refractivity contribution in [3.8, 4) is 17.1 Å². The predicted octanol–water partition coefficient (Wildman–Crippen LogP) is 4.69. The average Bonchev–Trinajstić information content (AvgIpc) is 3.41. The number of aromatic nitrogens is 6. The Morgan fingerprint density at radius 1 is 1.10 bits per heavy atom. The lowest BCUT2D eigenvalue weighted by Crippen LogP contribution is -2.05. The van der Waals surface area contributed by atoms with E-state index in [1.54, 1.807) is 15.3 Å². The molecule has 0 bridgehead atoms. The van der Waals surface area contributed by atoms with Crippen LogP contribution in [0.5, 0.6) is 0 Å². The van der Waals surface area contributed by atoms with Crippen molar-refractivity contribution >= 4 is 23.1 Å². The number of nitrogens with one attached hydrogen (secondary N) is 1. The van der Waals surface area contributed by atoms with Crippen molar-refractivity contribution in [3.05, 3.63) is 89.2 Å². The molecule has 4 aromatic heterocycles. The third-order valence-electron chi connectivity index (χ3n) is 4.84. The fourth-order valence-corrected chi connectivity index (χ4v) is 3.53. The SMILES string of the molecule is Cc1cccc(-n2nc(NCc3cc(Cl)ccc3F)cc2-c2ccn3ncnc3c2)n1. The minimum atomic E-state index is -0.325. The van der Waals surface area contributed by atoms with Crippen molar-refractivity contribution < 1.29 is 4.39 Å². The lowest BCUT2D eigenvalue weighted by Gasteiger charge is -2.07. The number of hydrogen-bond donors (Lipinski definition) is 1. The molecule has 0 spiro atoms. The van der Waals surface area contributed by atoms with Gasteiger partial charge in [0, 0.05) is 40.7 Å². The van der Waals surface area contributed by atoms with Crippen LogP contribution in [0.3, 0.4) is 0 Å². The highest BCUT2D eigenvalue weighted by Crippen LogP contribution is 2.27. The molecule has 0 aliphatic carbocycles. The van der Waals surface area contributed by atoms with Gasteiger partial charge in [-0.15, -0.1) is 5.10 Å².